The van der Waals surface area contributed by atoms with Crippen LogP contribution in [0.3, 0.4) is 0 Å². The van der Waals surface area contributed by atoms with E-state index in [4.69, 9.17) is 39.5 Å². The van der Waals surface area contributed by atoms with Gasteiger partial charge in [-0.2, -0.15) is 0 Å². The molecule has 4 rings (SSSR count). The highest BCUT2D eigenvalue weighted by atomic mass is 35.5. The van der Waals surface area contributed by atoms with Crippen LogP contribution in [-0.4, -0.2) is 15.5 Å². The van der Waals surface area contributed by atoms with Crippen molar-refractivity contribution in [3.8, 4) is 0 Å². The van der Waals surface area contributed by atoms with Crippen LogP contribution < -0.4 is 0 Å². The Morgan fingerprint density at radius 2 is 1.59 bits per heavy atom. The van der Waals surface area contributed by atoms with Gasteiger partial charge in [-0.15, -0.1) is 0 Å². The number of nitrogens with zero attached hydrogens (tertiary/aromatic N) is 2. The highest BCUT2D eigenvalue weighted by molar-refractivity contribution is 6.31. The van der Waals surface area contributed by atoms with Crippen molar-refractivity contribution in [1.82, 2.24) is 9.55 Å². The number of ether oxygens (including phenoxy) is 1. The number of esters is 1. The van der Waals surface area contributed by atoms with Gasteiger partial charge in [0.25, 0.3) is 0 Å². The third-order valence-electron chi connectivity index (χ3n) is 4.42. The zero-order valence-corrected chi connectivity index (χ0v) is 17.4. The van der Waals surface area contributed by atoms with Gasteiger partial charge in [-0.1, -0.05) is 59.1 Å². The number of hydrogen-bond acceptors (Lipinski definition) is 3. The Bertz CT molecular complexity index is 1200. The summed E-state index contributed by atoms with van der Waals surface area (Å²) in [5.41, 5.74) is 3.55. The maximum absolute atomic E-state index is 12.9. The Kier molecular flexibility index (Phi) is 5.76. The molecule has 0 saturated heterocycles. The highest BCUT2D eigenvalue weighted by Crippen LogP contribution is 2.24. The van der Waals surface area contributed by atoms with Crippen molar-refractivity contribution in [2.75, 3.05) is 0 Å². The molecule has 0 spiro atoms. The predicted octanol–water partition coefficient (Wildman–Crippen LogP) is 6.40. The third-order valence-corrected chi connectivity index (χ3v) is 5.10. The minimum Gasteiger partial charge on any atom is -0.456 e. The normalized spacial score (nSPS) is 11.0. The Morgan fingerprint density at radius 1 is 0.897 bits per heavy atom. The summed E-state index contributed by atoms with van der Waals surface area (Å²) in [7, 11) is 0. The van der Waals surface area contributed by atoms with Gasteiger partial charge in [0.15, 0.2) is 0 Å². The molecule has 0 N–H and O–H groups in total. The first-order valence-electron chi connectivity index (χ1n) is 8.81. The first kappa shape index (κ1) is 19.8. The van der Waals surface area contributed by atoms with Crippen LogP contribution in [0.25, 0.3) is 11.0 Å². The Hall–Kier alpha value is -2.53. The molecule has 0 amide bonds. The molecule has 2 heterocycles. The molecule has 0 unspecified atom stereocenters. The molecular weight excluding hydrogens is 431 g/mol. The third kappa shape index (κ3) is 4.56. The summed E-state index contributed by atoms with van der Waals surface area (Å²) in [5.74, 6) is -0.457. The Balaban J connectivity index is 1.67. The monoisotopic (exact) mass is 444 g/mol. The van der Waals surface area contributed by atoms with E-state index in [2.05, 4.69) is 4.98 Å². The second kappa shape index (κ2) is 8.46. The smallest absolute Gasteiger partial charge is 0.355 e. The number of pyridine rings is 1. The summed E-state index contributed by atoms with van der Waals surface area (Å²) in [6.45, 7) is 0.557. The van der Waals surface area contributed by atoms with Crippen molar-refractivity contribution in [3.05, 3.63) is 98.7 Å². The second-order valence-electron chi connectivity index (χ2n) is 6.49. The van der Waals surface area contributed by atoms with E-state index in [1.165, 1.54) is 0 Å². The summed E-state index contributed by atoms with van der Waals surface area (Å²) in [5, 5.41) is 1.58. The molecule has 2 aromatic carbocycles. The van der Waals surface area contributed by atoms with E-state index in [0.29, 0.717) is 33.0 Å². The van der Waals surface area contributed by atoms with Crippen molar-refractivity contribution in [2.24, 2.45) is 0 Å². The largest absolute Gasteiger partial charge is 0.456 e. The molecule has 2 aromatic heterocycles. The van der Waals surface area contributed by atoms with E-state index in [9.17, 15) is 4.79 Å². The molecule has 0 atom stereocenters. The van der Waals surface area contributed by atoms with E-state index < -0.39 is 5.97 Å². The number of rotatable bonds is 5. The van der Waals surface area contributed by atoms with Crippen molar-refractivity contribution < 1.29 is 9.53 Å². The van der Waals surface area contributed by atoms with Crippen molar-refractivity contribution in [2.45, 2.75) is 13.2 Å². The molecular formula is C22H15Cl3N2O2. The standard InChI is InChI=1S/C22H15Cl3N2O2/c23-16-5-1-3-14(9-16)12-27-19-7-8-21(25)26-18(19)11-20(27)22(28)29-13-15-4-2-6-17(24)10-15/h1-11H,12-13H2. The lowest BCUT2D eigenvalue weighted by Gasteiger charge is -2.11. The Morgan fingerprint density at radius 3 is 2.31 bits per heavy atom. The number of fused-ring (bicyclic) bond motifs is 1. The quantitative estimate of drug-likeness (QED) is 0.264. The molecule has 0 radical (unpaired) electrons. The van der Waals surface area contributed by atoms with Gasteiger partial charge in [0.2, 0.25) is 0 Å². The maximum atomic E-state index is 12.9. The molecule has 7 heteroatoms. The van der Waals surface area contributed by atoms with Crippen molar-refractivity contribution >= 4 is 51.8 Å². The minimum absolute atomic E-state index is 0.117. The SMILES string of the molecule is O=C(OCc1cccc(Cl)c1)c1cc2nc(Cl)ccc2n1Cc1cccc(Cl)c1. The molecule has 0 saturated carbocycles. The number of aromatic nitrogens is 2. The lowest BCUT2D eigenvalue weighted by molar-refractivity contribution is 0.0461. The van der Waals surface area contributed by atoms with Crippen LogP contribution in [0, 0.1) is 0 Å². The molecule has 4 aromatic rings. The van der Waals surface area contributed by atoms with Crippen molar-refractivity contribution in [3.63, 3.8) is 0 Å². The van der Waals surface area contributed by atoms with E-state index in [-0.39, 0.29) is 6.61 Å². The number of hydrogen-bond donors (Lipinski definition) is 0. The molecule has 4 nitrogen and oxygen atoms in total. The number of carbonyl (C=O) groups is 1. The minimum atomic E-state index is -0.457. The molecule has 29 heavy (non-hydrogen) atoms. The fourth-order valence-electron chi connectivity index (χ4n) is 3.12. The fourth-order valence-corrected chi connectivity index (χ4v) is 3.70. The number of carbonyl (C=O) groups excluding carboxylic acids is 1. The van der Waals surface area contributed by atoms with Crippen LogP contribution >= 0.6 is 34.8 Å². The summed E-state index contributed by atoms with van der Waals surface area (Å²) >= 11 is 18.1. The van der Waals surface area contributed by atoms with Crippen LogP contribution in [0.2, 0.25) is 15.2 Å². The van der Waals surface area contributed by atoms with Crippen LogP contribution in [0.4, 0.5) is 0 Å². The van der Waals surface area contributed by atoms with Crippen LogP contribution in [0.5, 0.6) is 0 Å². The maximum Gasteiger partial charge on any atom is 0.355 e. The fraction of sp³-hybridized carbons (Fsp3) is 0.0909. The van der Waals surface area contributed by atoms with E-state index in [0.717, 1.165) is 16.6 Å². The lowest BCUT2D eigenvalue weighted by Crippen LogP contribution is -2.13. The highest BCUT2D eigenvalue weighted by Gasteiger charge is 2.18. The summed E-state index contributed by atoms with van der Waals surface area (Å²) in [6, 6.07) is 19.9. The zero-order chi connectivity index (χ0) is 20.4. The second-order valence-corrected chi connectivity index (χ2v) is 7.75. The van der Waals surface area contributed by atoms with Gasteiger partial charge < -0.3 is 9.30 Å². The molecule has 0 aliphatic rings. The summed E-state index contributed by atoms with van der Waals surface area (Å²) in [6.07, 6.45) is 0. The number of benzene rings is 2. The van der Waals surface area contributed by atoms with Crippen LogP contribution in [0.1, 0.15) is 21.6 Å². The van der Waals surface area contributed by atoms with E-state index in [1.807, 2.05) is 41.0 Å². The van der Waals surface area contributed by atoms with Gasteiger partial charge in [0.1, 0.15) is 17.5 Å². The van der Waals surface area contributed by atoms with Crippen LogP contribution in [-0.2, 0) is 17.9 Å². The van der Waals surface area contributed by atoms with Gasteiger partial charge in [-0.3, -0.25) is 0 Å². The van der Waals surface area contributed by atoms with Crippen LogP contribution in [0.15, 0.2) is 66.7 Å². The first-order chi connectivity index (χ1) is 14.0. The summed E-state index contributed by atoms with van der Waals surface area (Å²) in [4.78, 5) is 17.2. The van der Waals surface area contributed by atoms with E-state index in [1.54, 1.807) is 30.3 Å². The van der Waals surface area contributed by atoms with Gasteiger partial charge in [0.05, 0.1) is 11.0 Å². The zero-order valence-electron chi connectivity index (χ0n) is 15.1. The average molecular weight is 446 g/mol. The molecule has 0 fully saturated rings. The van der Waals surface area contributed by atoms with Crippen molar-refractivity contribution in [1.29, 1.82) is 0 Å². The molecule has 0 aliphatic heterocycles. The van der Waals surface area contributed by atoms with Gasteiger partial charge in [-0.05, 0) is 53.6 Å². The molecule has 0 aliphatic carbocycles. The molecule has 146 valence electrons. The lowest BCUT2D eigenvalue weighted by atomic mass is 10.2. The average Bonchev–Trinajstić information content (AvgIpc) is 3.04. The van der Waals surface area contributed by atoms with E-state index >= 15 is 0 Å². The number of halogens is 3. The topological polar surface area (TPSA) is 44.1 Å². The Labute approximate surface area is 182 Å². The van der Waals surface area contributed by atoms with Gasteiger partial charge in [-0.25, -0.2) is 9.78 Å². The predicted molar refractivity (Wildman–Crippen MR) is 116 cm³/mol. The van der Waals surface area contributed by atoms with Gasteiger partial charge >= 0.3 is 5.97 Å². The first-order valence-corrected chi connectivity index (χ1v) is 9.95. The van der Waals surface area contributed by atoms with Gasteiger partial charge in [0, 0.05) is 16.6 Å². The summed E-state index contributed by atoms with van der Waals surface area (Å²) < 4.78 is 7.38. The molecule has 0 bridgehead atoms.